The van der Waals surface area contributed by atoms with Crippen molar-refractivity contribution in [3.63, 3.8) is 0 Å². The van der Waals surface area contributed by atoms with Gasteiger partial charge in [-0.3, -0.25) is 4.79 Å². The molecule has 32 heavy (non-hydrogen) atoms. The number of aliphatic hydroxyl groups is 1. The van der Waals surface area contributed by atoms with E-state index in [1.807, 2.05) is 0 Å². The molecule has 1 aromatic carbocycles. The van der Waals surface area contributed by atoms with Crippen molar-refractivity contribution in [2.45, 2.75) is 31.3 Å². The van der Waals surface area contributed by atoms with Gasteiger partial charge in [-0.1, -0.05) is 12.1 Å². The maximum atomic E-state index is 14.5. The quantitative estimate of drug-likeness (QED) is 0.584. The molecule has 0 aliphatic carbocycles. The van der Waals surface area contributed by atoms with E-state index in [-0.39, 0.29) is 30.7 Å². The Kier molecular flexibility index (Phi) is 6.87. The van der Waals surface area contributed by atoms with Crippen LogP contribution < -0.4 is 10.9 Å². The molecule has 4 rings (SSSR count). The standard InChI is InChI=1S/C23H24F2N4O3/c24-17-3-1-2-15(12-17)20(5-9-30)29-8-4-16(13-21(29)31)22-19(25)14-26-23(28-22)27-18-6-10-32-11-7-18/h1-4,8,12-14,18,20,30H,5-7,9-11H2,(H,26,27,28)/t20-/m1/s1. The number of hydrogen-bond donors (Lipinski definition) is 2. The van der Waals surface area contributed by atoms with E-state index in [4.69, 9.17) is 4.74 Å². The van der Waals surface area contributed by atoms with E-state index >= 15 is 0 Å². The summed E-state index contributed by atoms with van der Waals surface area (Å²) >= 11 is 0. The molecule has 1 saturated heterocycles. The monoisotopic (exact) mass is 442 g/mol. The molecule has 0 unspecified atom stereocenters. The molecule has 1 aliphatic heterocycles. The van der Waals surface area contributed by atoms with Crippen molar-refractivity contribution in [1.29, 1.82) is 0 Å². The van der Waals surface area contributed by atoms with Gasteiger partial charge in [-0.2, -0.15) is 0 Å². The van der Waals surface area contributed by atoms with Gasteiger partial charge in [0.2, 0.25) is 5.95 Å². The SMILES string of the molecule is O=c1cc(-c2nc(NC3CCOCC3)ncc2F)ccn1[C@H](CCO)c1cccc(F)c1. The minimum Gasteiger partial charge on any atom is -0.396 e. The molecule has 3 aromatic rings. The summed E-state index contributed by atoms with van der Waals surface area (Å²) < 4.78 is 34.9. The second-order valence-electron chi connectivity index (χ2n) is 7.67. The van der Waals surface area contributed by atoms with Gasteiger partial charge in [0.25, 0.3) is 5.56 Å². The largest absolute Gasteiger partial charge is 0.396 e. The van der Waals surface area contributed by atoms with Gasteiger partial charge in [0.05, 0.1) is 12.2 Å². The number of rotatable bonds is 7. The predicted octanol–water partition coefficient (Wildman–Crippen LogP) is 3.15. The minimum atomic E-state index is -0.642. The molecule has 2 aromatic heterocycles. The molecule has 3 heterocycles. The highest BCUT2D eigenvalue weighted by Crippen LogP contribution is 2.24. The first-order chi connectivity index (χ1) is 15.5. The molecule has 9 heteroatoms. The summed E-state index contributed by atoms with van der Waals surface area (Å²) in [5.74, 6) is -0.783. The van der Waals surface area contributed by atoms with E-state index in [2.05, 4.69) is 15.3 Å². The van der Waals surface area contributed by atoms with Gasteiger partial charge in [-0.05, 0) is 43.0 Å². The van der Waals surface area contributed by atoms with E-state index < -0.39 is 23.2 Å². The Morgan fingerprint density at radius 3 is 2.75 bits per heavy atom. The first-order valence-corrected chi connectivity index (χ1v) is 10.5. The number of ether oxygens (including phenoxy) is 1. The molecule has 0 amide bonds. The molecule has 2 N–H and O–H groups in total. The molecule has 168 valence electrons. The van der Waals surface area contributed by atoms with E-state index in [9.17, 15) is 18.7 Å². The number of nitrogens with one attached hydrogen (secondary N) is 1. The number of aromatic nitrogens is 3. The molecule has 0 spiro atoms. The average molecular weight is 442 g/mol. The Morgan fingerprint density at radius 2 is 2.03 bits per heavy atom. The summed E-state index contributed by atoms with van der Waals surface area (Å²) in [7, 11) is 0. The maximum absolute atomic E-state index is 14.5. The van der Waals surface area contributed by atoms with Crippen molar-refractivity contribution in [2.24, 2.45) is 0 Å². The highest BCUT2D eigenvalue weighted by atomic mass is 19.1. The Balaban J connectivity index is 1.63. The lowest BCUT2D eigenvalue weighted by atomic mass is 10.0. The highest BCUT2D eigenvalue weighted by molar-refractivity contribution is 5.60. The molecule has 1 aliphatic rings. The van der Waals surface area contributed by atoms with Crippen molar-refractivity contribution in [3.05, 3.63) is 76.3 Å². The van der Waals surface area contributed by atoms with Crippen LogP contribution in [0.5, 0.6) is 0 Å². The van der Waals surface area contributed by atoms with Gasteiger partial charge in [0, 0.05) is 43.7 Å². The lowest BCUT2D eigenvalue weighted by Gasteiger charge is -2.23. The minimum absolute atomic E-state index is 0.0169. The lowest BCUT2D eigenvalue weighted by Crippen LogP contribution is -2.28. The zero-order valence-corrected chi connectivity index (χ0v) is 17.4. The third kappa shape index (κ3) is 5.00. The van der Waals surface area contributed by atoms with Crippen LogP contribution in [0, 0.1) is 11.6 Å². The fourth-order valence-electron chi connectivity index (χ4n) is 3.86. The van der Waals surface area contributed by atoms with Gasteiger partial charge >= 0.3 is 0 Å². The van der Waals surface area contributed by atoms with Crippen molar-refractivity contribution < 1.29 is 18.6 Å². The Hall–Kier alpha value is -3.17. The Bertz CT molecular complexity index is 1130. The van der Waals surface area contributed by atoms with Gasteiger partial charge < -0.3 is 19.7 Å². The zero-order chi connectivity index (χ0) is 22.5. The third-order valence-corrected chi connectivity index (χ3v) is 5.49. The molecule has 0 saturated carbocycles. The molecular weight excluding hydrogens is 418 g/mol. The fourth-order valence-corrected chi connectivity index (χ4v) is 3.86. The maximum Gasteiger partial charge on any atom is 0.251 e. The Labute approximate surface area is 183 Å². The number of halogens is 2. The number of aliphatic hydroxyl groups excluding tert-OH is 1. The molecule has 1 fully saturated rings. The second-order valence-corrected chi connectivity index (χ2v) is 7.67. The van der Waals surface area contributed by atoms with Gasteiger partial charge in [0.15, 0.2) is 5.82 Å². The van der Waals surface area contributed by atoms with Crippen molar-refractivity contribution >= 4 is 5.95 Å². The molecule has 7 nitrogen and oxygen atoms in total. The first-order valence-electron chi connectivity index (χ1n) is 10.5. The van der Waals surface area contributed by atoms with Crippen LogP contribution in [0.25, 0.3) is 11.3 Å². The molecular formula is C23H24F2N4O3. The van der Waals surface area contributed by atoms with Crippen molar-refractivity contribution in [3.8, 4) is 11.3 Å². The highest BCUT2D eigenvalue weighted by Gasteiger charge is 2.19. The smallest absolute Gasteiger partial charge is 0.251 e. The number of anilines is 1. The van der Waals surface area contributed by atoms with Crippen LogP contribution >= 0.6 is 0 Å². The topological polar surface area (TPSA) is 89.3 Å². The van der Waals surface area contributed by atoms with Crippen molar-refractivity contribution in [2.75, 3.05) is 25.1 Å². The van der Waals surface area contributed by atoms with E-state index in [0.29, 0.717) is 24.3 Å². The second kappa shape index (κ2) is 9.97. The number of nitrogens with zero attached hydrogens (tertiary/aromatic N) is 3. The van der Waals surface area contributed by atoms with E-state index in [0.717, 1.165) is 19.0 Å². The number of hydrogen-bond acceptors (Lipinski definition) is 6. The van der Waals surface area contributed by atoms with Crippen molar-refractivity contribution in [1.82, 2.24) is 14.5 Å². The number of benzene rings is 1. The third-order valence-electron chi connectivity index (χ3n) is 5.49. The van der Waals surface area contributed by atoms with Gasteiger partial charge in [0.1, 0.15) is 11.5 Å². The van der Waals surface area contributed by atoms with Crippen LogP contribution in [-0.4, -0.2) is 45.5 Å². The normalized spacial score (nSPS) is 15.5. The first kappa shape index (κ1) is 22.0. The molecule has 0 radical (unpaired) electrons. The lowest BCUT2D eigenvalue weighted by molar-refractivity contribution is 0.0903. The molecule has 1 atom stereocenters. The summed E-state index contributed by atoms with van der Waals surface area (Å²) in [4.78, 5) is 21.2. The van der Waals surface area contributed by atoms with Crippen LogP contribution in [0.2, 0.25) is 0 Å². The zero-order valence-electron chi connectivity index (χ0n) is 17.4. The van der Waals surface area contributed by atoms with Crippen LogP contribution in [0.4, 0.5) is 14.7 Å². The van der Waals surface area contributed by atoms with Gasteiger partial charge in [-0.25, -0.2) is 18.7 Å². The van der Waals surface area contributed by atoms with E-state index in [1.165, 1.54) is 29.0 Å². The van der Waals surface area contributed by atoms with Crippen LogP contribution in [0.3, 0.4) is 0 Å². The Morgan fingerprint density at radius 1 is 1.22 bits per heavy atom. The predicted molar refractivity (Wildman–Crippen MR) is 115 cm³/mol. The van der Waals surface area contributed by atoms with E-state index in [1.54, 1.807) is 18.2 Å². The fraction of sp³-hybridized carbons (Fsp3) is 0.348. The number of pyridine rings is 1. The van der Waals surface area contributed by atoms with Crippen LogP contribution in [0.1, 0.15) is 30.9 Å². The summed E-state index contributed by atoms with van der Waals surface area (Å²) in [6.07, 6.45) is 4.42. The average Bonchev–Trinajstić information content (AvgIpc) is 2.80. The summed E-state index contributed by atoms with van der Waals surface area (Å²) in [5, 5.41) is 12.7. The van der Waals surface area contributed by atoms with Crippen LogP contribution in [0.15, 0.2) is 53.6 Å². The summed E-state index contributed by atoms with van der Waals surface area (Å²) in [6, 6.07) is 8.34. The summed E-state index contributed by atoms with van der Waals surface area (Å²) in [5.41, 5.74) is 0.471. The summed E-state index contributed by atoms with van der Waals surface area (Å²) in [6.45, 7) is 1.10. The van der Waals surface area contributed by atoms with Crippen LogP contribution in [-0.2, 0) is 4.74 Å². The molecule has 0 bridgehead atoms. The van der Waals surface area contributed by atoms with Gasteiger partial charge in [-0.15, -0.1) is 0 Å².